The molecule has 1 amide bonds. The maximum atomic E-state index is 11.7. The fourth-order valence-electron chi connectivity index (χ4n) is 1.58. The molecule has 1 aromatic rings. The number of benzene rings is 1. The van der Waals surface area contributed by atoms with Crippen molar-refractivity contribution in [2.75, 3.05) is 19.0 Å². The van der Waals surface area contributed by atoms with Crippen LogP contribution in [0.3, 0.4) is 0 Å². The molecule has 1 rings (SSSR count). The zero-order valence-electron chi connectivity index (χ0n) is 11.8. The van der Waals surface area contributed by atoms with Crippen LogP contribution in [0.4, 0.5) is 5.69 Å². The zero-order valence-corrected chi connectivity index (χ0v) is 11.8. The highest BCUT2D eigenvalue weighted by Crippen LogP contribution is 2.16. The van der Waals surface area contributed by atoms with Crippen molar-refractivity contribution in [3.63, 3.8) is 0 Å². The van der Waals surface area contributed by atoms with E-state index in [2.05, 4.69) is 5.32 Å². The van der Waals surface area contributed by atoms with Crippen LogP contribution in [0.15, 0.2) is 18.2 Å². The van der Waals surface area contributed by atoms with Gasteiger partial charge in [0.15, 0.2) is 0 Å². The molecule has 0 aliphatic carbocycles. The molecule has 0 aliphatic rings. The van der Waals surface area contributed by atoms with Gasteiger partial charge in [-0.05, 0) is 37.6 Å². The van der Waals surface area contributed by atoms with E-state index in [4.69, 9.17) is 14.6 Å². The van der Waals surface area contributed by atoms with E-state index in [0.29, 0.717) is 11.3 Å². The fraction of sp³-hybridized carbons (Fsp3) is 0.429. The van der Waals surface area contributed by atoms with Crippen LogP contribution in [-0.4, -0.2) is 36.8 Å². The van der Waals surface area contributed by atoms with Crippen molar-refractivity contribution < 1.29 is 24.2 Å². The van der Waals surface area contributed by atoms with Crippen LogP contribution in [0.1, 0.15) is 29.8 Å². The summed E-state index contributed by atoms with van der Waals surface area (Å²) in [6.45, 7) is 3.85. The number of nitrogens with one attached hydrogen (secondary N) is 1. The number of rotatable bonds is 7. The van der Waals surface area contributed by atoms with Crippen molar-refractivity contribution >= 4 is 17.6 Å². The zero-order chi connectivity index (χ0) is 15.1. The third kappa shape index (κ3) is 5.38. The highest BCUT2D eigenvalue weighted by molar-refractivity contribution is 5.94. The molecular weight excluding hydrogens is 262 g/mol. The minimum Gasteiger partial charge on any atom is -0.478 e. The topological polar surface area (TPSA) is 84.9 Å². The van der Waals surface area contributed by atoms with E-state index in [1.807, 2.05) is 13.8 Å². The van der Waals surface area contributed by atoms with Gasteiger partial charge in [-0.15, -0.1) is 0 Å². The molecule has 0 aliphatic heterocycles. The van der Waals surface area contributed by atoms with Gasteiger partial charge in [0, 0.05) is 12.8 Å². The van der Waals surface area contributed by atoms with Gasteiger partial charge in [-0.3, -0.25) is 4.79 Å². The summed E-state index contributed by atoms with van der Waals surface area (Å²) in [7, 11) is 1.52. The maximum Gasteiger partial charge on any atom is 0.335 e. The van der Waals surface area contributed by atoms with Crippen molar-refractivity contribution in [1.29, 1.82) is 0 Å². The fourth-order valence-corrected chi connectivity index (χ4v) is 1.58. The van der Waals surface area contributed by atoms with E-state index >= 15 is 0 Å². The lowest BCUT2D eigenvalue weighted by Crippen LogP contribution is -2.21. The van der Waals surface area contributed by atoms with Crippen molar-refractivity contribution in [3.05, 3.63) is 29.3 Å². The third-order valence-corrected chi connectivity index (χ3v) is 2.38. The van der Waals surface area contributed by atoms with Crippen LogP contribution in [0.25, 0.3) is 0 Å². The summed E-state index contributed by atoms with van der Waals surface area (Å²) >= 11 is 0. The Balaban J connectivity index is 2.82. The van der Waals surface area contributed by atoms with Crippen LogP contribution < -0.4 is 5.32 Å². The first-order valence-electron chi connectivity index (χ1n) is 6.20. The van der Waals surface area contributed by atoms with Gasteiger partial charge in [0.2, 0.25) is 5.91 Å². The minimum atomic E-state index is -1.06. The first kappa shape index (κ1) is 16.1. The SMILES string of the molecule is COCc1cc(NC(=O)COC(C)C)cc(C(=O)O)c1. The summed E-state index contributed by atoms with van der Waals surface area (Å²) in [5, 5.41) is 11.6. The molecule has 20 heavy (non-hydrogen) atoms. The Labute approximate surface area is 117 Å². The predicted molar refractivity (Wildman–Crippen MR) is 73.8 cm³/mol. The van der Waals surface area contributed by atoms with Crippen molar-refractivity contribution in [3.8, 4) is 0 Å². The molecule has 6 heteroatoms. The first-order valence-corrected chi connectivity index (χ1v) is 6.20. The predicted octanol–water partition coefficient (Wildman–Crippen LogP) is 1.89. The number of amides is 1. The molecule has 0 unspecified atom stereocenters. The maximum absolute atomic E-state index is 11.7. The third-order valence-electron chi connectivity index (χ3n) is 2.38. The van der Waals surface area contributed by atoms with Crippen LogP contribution in [0, 0.1) is 0 Å². The van der Waals surface area contributed by atoms with E-state index in [-0.39, 0.29) is 30.8 Å². The van der Waals surface area contributed by atoms with Crippen molar-refractivity contribution in [2.24, 2.45) is 0 Å². The lowest BCUT2D eigenvalue weighted by Gasteiger charge is -2.10. The summed E-state index contributed by atoms with van der Waals surface area (Å²) < 4.78 is 10.1. The quantitative estimate of drug-likeness (QED) is 0.797. The number of carbonyl (C=O) groups is 2. The molecule has 2 N–H and O–H groups in total. The summed E-state index contributed by atoms with van der Waals surface area (Å²) in [6.07, 6.45) is -0.0462. The number of ether oxygens (including phenoxy) is 2. The van der Waals surface area contributed by atoms with Crippen LogP contribution >= 0.6 is 0 Å². The molecule has 0 radical (unpaired) electrons. The normalized spacial score (nSPS) is 10.6. The smallest absolute Gasteiger partial charge is 0.335 e. The van der Waals surface area contributed by atoms with Gasteiger partial charge in [0.05, 0.1) is 18.3 Å². The molecule has 1 aromatic carbocycles. The second-order valence-corrected chi connectivity index (χ2v) is 4.56. The second-order valence-electron chi connectivity index (χ2n) is 4.56. The Morgan fingerprint density at radius 1 is 1.30 bits per heavy atom. The van der Waals surface area contributed by atoms with Gasteiger partial charge in [0.25, 0.3) is 0 Å². The molecule has 0 saturated carbocycles. The van der Waals surface area contributed by atoms with E-state index in [1.54, 1.807) is 6.07 Å². The number of carboxylic acids is 1. The number of hydrogen-bond acceptors (Lipinski definition) is 4. The van der Waals surface area contributed by atoms with Crippen molar-refractivity contribution in [1.82, 2.24) is 0 Å². The van der Waals surface area contributed by atoms with Gasteiger partial charge in [-0.25, -0.2) is 4.79 Å². The molecule has 0 spiro atoms. The van der Waals surface area contributed by atoms with Crippen LogP contribution in [0.2, 0.25) is 0 Å². The van der Waals surface area contributed by atoms with E-state index in [1.165, 1.54) is 19.2 Å². The Morgan fingerprint density at radius 3 is 2.55 bits per heavy atom. The van der Waals surface area contributed by atoms with Crippen LogP contribution in [-0.2, 0) is 20.9 Å². The Morgan fingerprint density at radius 2 is 2.00 bits per heavy atom. The second kappa shape index (κ2) is 7.62. The number of aromatic carboxylic acids is 1. The molecule has 0 heterocycles. The minimum absolute atomic E-state index is 0.0462. The number of carbonyl (C=O) groups excluding carboxylic acids is 1. The molecule has 0 bridgehead atoms. The highest BCUT2D eigenvalue weighted by atomic mass is 16.5. The monoisotopic (exact) mass is 281 g/mol. The van der Waals surface area contributed by atoms with Gasteiger partial charge in [-0.1, -0.05) is 0 Å². The molecular formula is C14H19NO5. The summed E-state index contributed by atoms with van der Waals surface area (Å²) in [5.41, 5.74) is 1.18. The molecule has 0 aromatic heterocycles. The average Bonchev–Trinajstić information content (AvgIpc) is 2.36. The molecule has 0 fully saturated rings. The number of anilines is 1. The summed E-state index contributed by atoms with van der Waals surface area (Å²) in [5.74, 6) is -1.39. The van der Waals surface area contributed by atoms with Gasteiger partial charge < -0.3 is 19.9 Å². The van der Waals surface area contributed by atoms with E-state index in [9.17, 15) is 9.59 Å². The van der Waals surface area contributed by atoms with Gasteiger partial charge >= 0.3 is 5.97 Å². The first-order chi connectivity index (χ1) is 9.42. The highest BCUT2D eigenvalue weighted by Gasteiger charge is 2.10. The van der Waals surface area contributed by atoms with Gasteiger partial charge in [0.1, 0.15) is 6.61 Å². The number of carboxylic acid groups (broad SMARTS) is 1. The standard InChI is InChI=1S/C14H19NO5/c1-9(2)20-8-13(16)15-12-5-10(7-19-3)4-11(6-12)14(17)18/h4-6,9H,7-8H2,1-3H3,(H,15,16)(H,17,18). The van der Waals surface area contributed by atoms with Crippen molar-refractivity contribution in [2.45, 2.75) is 26.6 Å². The van der Waals surface area contributed by atoms with Crippen LogP contribution in [0.5, 0.6) is 0 Å². The molecule has 0 atom stereocenters. The van der Waals surface area contributed by atoms with E-state index in [0.717, 1.165) is 0 Å². The average molecular weight is 281 g/mol. The number of methoxy groups -OCH3 is 1. The largest absolute Gasteiger partial charge is 0.478 e. The Kier molecular flexibility index (Phi) is 6.14. The van der Waals surface area contributed by atoms with Gasteiger partial charge in [-0.2, -0.15) is 0 Å². The summed E-state index contributed by atoms with van der Waals surface area (Å²) in [6, 6.07) is 4.57. The molecule has 0 saturated heterocycles. The lowest BCUT2D eigenvalue weighted by atomic mass is 10.1. The molecule has 110 valence electrons. The lowest BCUT2D eigenvalue weighted by molar-refractivity contribution is -0.121. The van der Waals surface area contributed by atoms with E-state index < -0.39 is 5.97 Å². The Hall–Kier alpha value is -1.92. The number of hydrogen-bond donors (Lipinski definition) is 2. The summed E-state index contributed by atoms with van der Waals surface area (Å²) in [4.78, 5) is 22.7. The Bertz CT molecular complexity index is 484. The molecule has 6 nitrogen and oxygen atoms in total.